The maximum Gasteiger partial charge on any atom is 0.264 e. The molecule has 0 bridgehead atoms. The number of nitrogens with one attached hydrogen (secondary N) is 2. The zero-order chi connectivity index (χ0) is 20.8. The van der Waals surface area contributed by atoms with Crippen LogP contribution >= 0.6 is 15.9 Å². The van der Waals surface area contributed by atoms with Gasteiger partial charge >= 0.3 is 0 Å². The molecule has 0 aromatic heterocycles. The highest BCUT2D eigenvalue weighted by atomic mass is 79.9. The van der Waals surface area contributed by atoms with E-state index in [0.29, 0.717) is 38.7 Å². The molecular weight excluding hydrogens is 446 g/mol. The Kier molecular flexibility index (Phi) is 7.34. The Hall–Kier alpha value is -2.30. The third kappa shape index (κ3) is 4.82. The number of alkyl halides is 1. The zero-order valence-electron chi connectivity index (χ0n) is 15.7. The van der Waals surface area contributed by atoms with E-state index in [0.717, 1.165) is 10.2 Å². The van der Waals surface area contributed by atoms with Crippen molar-refractivity contribution in [2.24, 2.45) is 0 Å². The zero-order valence-corrected chi connectivity index (χ0v) is 17.3. The number of halogens is 1. The molecule has 4 amide bonds. The number of carbonyl (C=O) groups is 4. The van der Waals surface area contributed by atoms with Crippen LogP contribution in [0.15, 0.2) is 18.2 Å². The SMILES string of the molecule is O=C1CCC(N2C(=O)c3cccc(NCCOCCOCCBr)c3C2=O)C(=O)N1. The van der Waals surface area contributed by atoms with E-state index >= 15 is 0 Å². The molecule has 29 heavy (non-hydrogen) atoms. The molecule has 0 saturated carbocycles. The van der Waals surface area contributed by atoms with Gasteiger partial charge in [-0.05, 0) is 18.6 Å². The fourth-order valence-corrected chi connectivity index (χ4v) is 3.53. The Morgan fingerprint density at radius 3 is 2.55 bits per heavy atom. The van der Waals surface area contributed by atoms with Crippen molar-refractivity contribution in [3.05, 3.63) is 29.3 Å². The van der Waals surface area contributed by atoms with Gasteiger partial charge in [0.2, 0.25) is 11.8 Å². The van der Waals surface area contributed by atoms with Gasteiger partial charge in [-0.1, -0.05) is 22.0 Å². The fourth-order valence-electron chi connectivity index (χ4n) is 3.30. The van der Waals surface area contributed by atoms with E-state index in [1.54, 1.807) is 18.2 Å². The van der Waals surface area contributed by atoms with Crippen molar-refractivity contribution in [3.8, 4) is 0 Å². The molecule has 1 fully saturated rings. The van der Waals surface area contributed by atoms with Crippen LogP contribution in [0, 0.1) is 0 Å². The van der Waals surface area contributed by atoms with Crippen molar-refractivity contribution in [1.82, 2.24) is 10.2 Å². The van der Waals surface area contributed by atoms with Crippen LogP contribution in [0.2, 0.25) is 0 Å². The van der Waals surface area contributed by atoms with Crippen LogP contribution in [0.4, 0.5) is 5.69 Å². The topological polar surface area (TPSA) is 114 Å². The third-order valence-corrected chi connectivity index (χ3v) is 4.95. The average Bonchev–Trinajstić information content (AvgIpc) is 2.95. The first kappa shape index (κ1) is 21.4. The number of nitrogens with zero attached hydrogens (tertiary/aromatic N) is 1. The Labute approximate surface area is 176 Å². The summed E-state index contributed by atoms with van der Waals surface area (Å²) < 4.78 is 10.7. The van der Waals surface area contributed by atoms with Gasteiger partial charge in [-0.2, -0.15) is 0 Å². The number of fused-ring (bicyclic) bond motifs is 1. The lowest BCUT2D eigenvalue weighted by Gasteiger charge is -2.27. The minimum absolute atomic E-state index is 0.0889. The number of rotatable bonds is 10. The molecule has 0 aliphatic carbocycles. The molecular formula is C19H22BrN3O6. The summed E-state index contributed by atoms with van der Waals surface area (Å²) in [5.74, 6) is -2.08. The first-order chi connectivity index (χ1) is 14.0. The molecule has 10 heteroatoms. The number of carbonyl (C=O) groups excluding carboxylic acids is 4. The molecule has 0 radical (unpaired) electrons. The second kappa shape index (κ2) is 9.95. The number of hydrogen-bond acceptors (Lipinski definition) is 7. The molecule has 156 valence electrons. The molecule has 1 aromatic rings. The van der Waals surface area contributed by atoms with Gasteiger partial charge in [-0.3, -0.25) is 29.4 Å². The summed E-state index contributed by atoms with van der Waals surface area (Å²) in [5, 5.41) is 6.07. The van der Waals surface area contributed by atoms with Crippen molar-refractivity contribution in [2.75, 3.05) is 43.6 Å². The highest BCUT2D eigenvalue weighted by Crippen LogP contribution is 2.32. The highest BCUT2D eigenvalue weighted by molar-refractivity contribution is 9.09. The van der Waals surface area contributed by atoms with Crippen LogP contribution in [-0.2, 0) is 19.1 Å². The second-order valence-corrected chi connectivity index (χ2v) is 7.31. The first-order valence-electron chi connectivity index (χ1n) is 9.34. The van der Waals surface area contributed by atoms with Crippen LogP contribution in [0.25, 0.3) is 0 Å². The molecule has 3 rings (SSSR count). The number of ether oxygens (including phenoxy) is 2. The summed E-state index contributed by atoms with van der Waals surface area (Å²) in [4.78, 5) is 50.1. The van der Waals surface area contributed by atoms with Gasteiger partial charge in [-0.15, -0.1) is 0 Å². The van der Waals surface area contributed by atoms with E-state index in [1.165, 1.54) is 0 Å². The fraction of sp³-hybridized carbons (Fsp3) is 0.474. The lowest BCUT2D eigenvalue weighted by molar-refractivity contribution is -0.136. The molecule has 1 unspecified atom stereocenters. The van der Waals surface area contributed by atoms with E-state index in [-0.39, 0.29) is 24.0 Å². The minimum Gasteiger partial charge on any atom is -0.382 e. The van der Waals surface area contributed by atoms with Crippen molar-refractivity contribution >= 4 is 45.2 Å². The highest BCUT2D eigenvalue weighted by Gasteiger charge is 2.45. The van der Waals surface area contributed by atoms with E-state index in [4.69, 9.17) is 9.47 Å². The number of anilines is 1. The van der Waals surface area contributed by atoms with Gasteiger partial charge in [0.25, 0.3) is 11.8 Å². The lowest BCUT2D eigenvalue weighted by Crippen LogP contribution is -2.54. The number of imide groups is 2. The number of benzene rings is 1. The van der Waals surface area contributed by atoms with Gasteiger partial charge in [0.15, 0.2) is 0 Å². The van der Waals surface area contributed by atoms with Gasteiger partial charge < -0.3 is 14.8 Å². The van der Waals surface area contributed by atoms with Gasteiger partial charge in [0.1, 0.15) is 6.04 Å². The second-order valence-electron chi connectivity index (χ2n) is 6.52. The summed E-state index contributed by atoms with van der Waals surface area (Å²) >= 11 is 3.27. The molecule has 2 aliphatic rings. The Bertz CT molecular complexity index is 815. The summed E-state index contributed by atoms with van der Waals surface area (Å²) in [6.07, 6.45) is 0.218. The van der Waals surface area contributed by atoms with Gasteiger partial charge in [0.05, 0.1) is 37.6 Å². The summed E-state index contributed by atoms with van der Waals surface area (Å²) in [6, 6.07) is 3.97. The number of amides is 4. The molecule has 2 heterocycles. The maximum atomic E-state index is 12.9. The van der Waals surface area contributed by atoms with Crippen molar-refractivity contribution in [1.29, 1.82) is 0 Å². The standard InChI is InChI=1S/C19H22BrN3O6/c20-6-8-28-10-11-29-9-7-21-13-3-1-2-12-16(13)19(27)23(18(12)26)14-4-5-15(24)22-17(14)25/h1-3,14,21H,4-11H2,(H,22,24,25). The van der Waals surface area contributed by atoms with Gasteiger partial charge in [-0.25, -0.2) is 0 Å². The summed E-state index contributed by atoms with van der Waals surface area (Å²) in [7, 11) is 0. The van der Waals surface area contributed by atoms with E-state index in [9.17, 15) is 19.2 Å². The molecule has 1 atom stereocenters. The van der Waals surface area contributed by atoms with Crippen molar-refractivity contribution in [3.63, 3.8) is 0 Å². The normalized spacial score (nSPS) is 18.8. The van der Waals surface area contributed by atoms with Crippen LogP contribution in [0.3, 0.4) is 0 Å². The number of hydrogen-bond donors (Lipinski definition) is 2. The Morgan fingerprint density at radius 1 is 1.07 bits per heavy atom. The molecule has 1 aromatic carbocycles. The molecule has 2 N–H and O–H groups in total. The third-order valence-electron chi connectivity index (χ3n) is 4.62. The van der Waals surface area contributed by atoms with Crippen LogP contribution in [-0.4, -0.2) is 72.9 Å². The van der Waals surface area contributed by atoms with Crippen LogP contribution in [0.5, 0.6) is 0 Å². The maximum absolute atomic E-state index is 12.9. The van der Waals surface area contributed by atoms with Gasteiger partial charge in [0, 0.05) is 24.0 Å². The lowest BCUT2D eigenvalue weighted by atomic mass is 10.0. The van der Waals surface area contributed by atoms with Crippen molar-refractivity contribution < 1.29 is 28.7 Å². The predicted octanol–water partition coefficient (Wildman–Crippen LogP) is 0.928. The van der Waals surface area contributed by atoms with Crippen LogP contribution < -0.4 is 10.6 Å². The van der Waals surface area contributed by atoms with Crippen molar-refractivity contribution in [2.45, 2.75) is 18.9 Å². The molecule has 2 aliphatic heterocycles. The van der Waals surface area contributed by atoms with Crippen LogP contribution in [0.1, 0.15) is 33.6 Å². The first-order valence-corrected chi connectivity index (χ1v) is 10.5. The largest absolute Gasteiger partial charge is 0.382 e. The smallest absolute Gasteiger partial charge is 0.264 e. The molecule has 0 spiro atoms. The average molecular weight is 468 g/mol. The predicted molar refractivity (Wildman–Crippen MR) is 107 cm³/mol. The van der Waals surface area contributed by atoms with E-state index in [1.807, 2.05) is 0 Å². The number of piperidine rings is 1. The van der Waals surface area contributed by atoms with E-state index < -0.39 is 29.7 Å². The van der Waals surface area contributed by atoms with E-state index in [2.05, 4.69) is 26.6 Å². The Balaban J connectivity index is 1.61. The quantitative estimate of drug-likeness (QED) is 0.298. The Morgan fingerprint density at radius 2 is 1.83 bits per heavy atom. The monoisotopic (exact) mass is 467 g/mol. The summed E-state index contributed by atoms with van der Waals surface area (Å²) in [6.45, 7) is 2.43. The molecule has 9 nitrogen and oxygen atoms in total. The minimum atomic E-state index is -0.976. The molecule has 1 saturated heterocycles. The summed E-state index contributed by atoms with van der Waals surface area (Å²) in [5.41, 5.74) is 0.992.